The second kappa shape index (κ2) is 5.67. The number of nitrogens with one attached hydrogen (secondary N) is 1. The van der Waals surface area contributed by atoms with Crippen molar-refractivity contribution < 1.29 is 18.7 Å². The summed E-state index contributed by atoms with van der Waals surface area (Å²) in [5.74, 6) is -0.963. The van der Waals surface area contributed by atoms with E-state index in [1.165, 1.54) is 24.5 Å². The van der Waals surface area contributed by atoms with E-state index in [0.717, 1.165) is 5.56 Å². The SMILES string of the molecule is C[C@@H](NCc1occc1C(=O)O)c1cccc(F)c1. The number of carbonyl (C=O) groups is 1. The molecule has 1 aromatic heterocycles. The summed E-state index contributed by atoms with van der Waals surface area (Å²) < 4.78 is 18.2. The van der Waals surface area contributed by atoms with Gasteiger partial charge in [0.1, 0.15) is 17.1 Å². The molecule has 19 heavy (non-hydrogen) atoms. The van der Waals surface area contributed by atoms with Crippen molar-refractivity contribution in [3.8, 4) is 0 Å². The van der Waals surface area contributed by atoms with Crippen LogP contribution in [0, 0.1) is 5.82 Å². The second-order valence-corrected chi connectivity index (χ2v) is 4.22. The van der Waals surface area contributed by atoms with Gasteiger partial charge in [0, 0.05) is 6.04 Å². The molecule has 0 aliphatic carbocycles. The van der Waals surface area contributed by atoms with Crippen LogP contribution in [0.5, 0.6) is 0 Å². The van der Waals surface area contributed by atoms with Crippen LogP contribution >= 0.6 is 0 Å². The Balaban J connectivity index is 2.02. The Labute approximate surface area is 109 Å². The number of furan rings is 1. The summed E-state index contributed by atoms with van der Waals surface area (Å²) in [5, 5.41) is 12.0. The number of aromatic carboxylic acids is 1. The maximum absolute atomic E-state index is 13.1. The zero-order valence-electron chi connectivity index (χ0n) is 10.4. The van der Waals surface area contributed by atoms with Gasteiger partial charge in [-0.2, -0.15) is 0 Å². The molecule has 4 nitrogen and oxygen atoms in total. The average Bonchev–Trinajstić information content (AvgIpc) is 2.84. The molecular weight excluding hydrogens is 249 g/mol. The number of carboxylic acids is 1. The zero-order valence-corrected chi connectivity index (χ0v) is 10.4. The van der Waals surface area contributed by atoms with Gasteiger partial charge in [0.05, 0.1) is 12.8 Å². The minimum absolute atomic E-state index is 0.109. The number of rotatable bonds is 5. The predicted octanol–water partition coefficient (Wildman–Crippen LogP) is 2.97. The Morgan fingerprint density at radius 1 is 1.47 bits per heavy atom. The van der Waals surface area contributed by atoms with Crippen LogP contribution in [0.4, 0.5) is 4.39 Å². The van der Waals surface area contributed by atoms with Crippen LogP contribution in [0.15, 0.2) is 41.0 Å². The molecule has 0 aliphatic heterocycles. The third-order valence-corrected chi connectivity index (χ3v) is 2.89. The van der Waals surface area contributed by atoms with E-state index in [1.54, 1.807) is 12.1 Å². The first-order chi connectivity index (χ1) is 9.08. The van der Waals surface area contributed by atoms with Gasteiger partial charge in [-0.05, 0) is 30.7 Å². The normalized spacial score (nSPS) is 12.3. The van der Waals surface area contributed by atoms with Crippen molar-refractivity contribution in [1.29, 1.82) is 0 Å². The predicted molar refractivity (Wildman–Crippen MR) is 67.3 cm³/mol. The number of hydrogen-bond donors (Lipinski definition) is 2. The molecule has 0 unspecified atom stereocenters. The number of hydrogen-bond acceptors (Lipinski definition) is 3. The lowest BCUT2D eigenvalue weighted by molar-refractivity contribution is 0.0694. The number of benzene rings is 1. The molecule has 1 atom stereocenters. The standard InChI is InChI=1S/C14H14FNO3/c1-9(10-3-2-4-11(15)7-10)16-8-13-12(14(17)18)5-6-19-13/h2-7,9,16H,8H2,1H3,(H,17,18)/t9-/m1/s1. The molecule has 5 heteroatoms. The summed E-state index contributed by atoms with van der Waals surface area (Å²) in [5.41, 5.74) is 0.933. The third kappa shape index (κ3) is 3.20. The first kappa shape index (κ1) is 13.3. The number of halogens is 1. The highest BCUT2D eigenvalue weighted by molar-refractivity contribution is 5.88. The largest absolute Gasteiger partial charge is 0.478 e. The maximum atomic E-state index is 13.1. The van der Waals surface area contributed by atoms with Gasteiger partial charge >= 0.3 is 5.97 Å². The summed E-state index contributed by atoms with van der Waals surface area (Å²) >= 11 is 0. The Hall–Kier alpha value is -2.14. The van der Waals surface area contributed by atoms with Gasteiger partial charge in [-0.1, -0.05) is 12.1 Å². The fourth-order valence-corrected chi connectivity index (χ4v) is 1.81. The van der Waals surface area contributed by atoms with Crippen molar-refractivity contribution in [2.24, 2.45) is 0 Å². The van der Waals surface area contributed by atoms with Crippen LogP contribution in [-0.2, 0) is 6.54 Å². The Morgan fingerprint density at radius 2 is 2.26 bits per heavy atom. The fourth-order valence-electron chi connectivity index (χ4n) is 1.81. The van der Waals surface area contributed by atoms with Crippen molar-refractivity contribution >= 4 is 5.97 Å². The molecule has 0 spiro atoms. The van der Waals surface area contributed by atoms with Crippen LogP contribution in [-0.4, -0.2) is 11.1 Å². The highest BCUT2D eigenvalue weighted by atomic mass is 19.1. The molecule has 0 amide bonds. The van der Waals surface area contributed by atoms with Crippen LogP contribution in [0.25, 0.3) is 0 Å². The third-order valence-electron chi connectivity index (χ3n) is 2.89. The van der Waals surface area contributed by atoms with Crippen molar-refractivity contribution in [3.05, 3.63) is 59.3 Å². The van der Waals surface area contributed by atoms with Gasteiger partial charge in [0.2, 0.25) is 0 Å². The van der Waals surface area contributed by atoms with Crippen molar-refractivity contribution in [3.63, 3.8) is 0 Å². The van der Waals surface area contributed by atoms with Crippen LogP contribution in [0.1, 0.15) is 34.6 Å². The molecule has 2 aromatic rings. The van der Waals surface area contributed by atoms with Gasteiger partial charge in [-0.3, -0.25) is 0 Å². The lowest BCUT2D eigenvalue weighted by Crippen LogP contribution is -2.19. The summed E-state index contributed by atoms with van der Waals surface area (Å²) in [6, 6.07) is 7.57. The molecular formula is C14H14FNO3. The van der Waals surface area contributed by atoms with E-state index >= 15 is 0 Å². The summed E-state index contributed by atoms with van der Waals surface area (Å²) in [7, 11) is 0. The van der Waals surface area contributed by atoms with Crippen molar-refractivity contribution in [1.82, 2.24) is 5.32 Å². The van der Waals surface area contributed by atoms with E-state index in [2.05, 4.69) is 5.32 Å². The lowest BCUT2D eigenvalue weighted by Gasteiger charge is -2.13. The monoisotopic (exact) mass is 263 g/mol. The van der Waals surface area contributed by atoms with E-state index in [-0.39, 0.29) is 24.0 Å². The van der Waals surface area contributed by atoms with Crippen LogP contribution < -0.4 is 5.32 Å². The molecule has 2 rings (SSSR count). The fraction of sp³-hybridized carbons (Fsp3) is 0.214. The molecule has 0 saturated heterocycles. The zero-order chi connectivity index (χ0) is 13.8. The number of carboxylic acid groups (broad SMARTS) is 1. The van der Waals surface area contributed by atoms with Crippen molar-refractivity contribution in [2.45, 2.75) is 19.5 Å². The first-order valence-corrected chi connectivity index (χ1v) is 5.86. The Kier molecular flexibility index (Phi) is 3.97. The molecule has 0 aliphatic rings. The van der Waals surface area contributed by atoms with Crippen LogP contribution in [0.2, 0.25) is 0 Å². The van der Waals surface area contributed by atoms with Gasteiger partial charge in [0.15, 0.2) is 0 Å². The summed E-state index contributed by atoms with van der Waals surface area (Å²) in [6.45, 7) is 2.14. The minimum atomic E-state index is -1.02. The molecule has 0 radical (unpaired) electrons. The van der Waals surface area contributed by atoms with Gasteiger partial charge in [-0.15, -0.1) is 0 Å². The Bertz CT molecular complexity index is 580. The molecule has 100 valence electrons. The van der Waals surface area contributed by atoms with Gasteiger partial charge < -0.3 is 14.8 Å². The molecule has 0 fully saturated rings. The van der Waals surface area contributed by atoms with E-state index in [0.29, 0.717) is 5.76 Å². The molecule has 2 N–H and O–H groups in total. The van der Waals surface area contributed by atoms with Gasteiger partial charge in [-0.25, -0.2) is 9.18 Å². The first-order valence-electron chi connectivity index (χ1n) is 5.86. The topological polar surface area (TPSA) is 62.5 Å². The van der Waals surface area contributed by atoms with E-state index in [1.807, 2.05) is 6.92 Å². The minimum Gasteiger partial charge on any atom is -0.478 e. The smallest absolute Gasteiger partial charge is 0.339 e. The van der Waals surface area contributed by atoms with Crippen molar-refractivity contribution in [2.75, 3.05) is 0 Å². The second-order valence-electron chi connectivity index (χ2n) is 4.22. The van der Waals surface area contributed by atoms with E-state index < -0.39 is 5.97 Å². The lowest BCUT2D eigenvalue weighted by atomic mass is 10.1. The van der Waals surface area contributed by atoms with Crippen LogP contribution in [0.3, 0.4) is 0 Å². The highest BCUT2D eigenvalue weighted by Gasteiger charge is 2.14. The molecule has 1 aromatic carbocycles. The van der Waals surface area contributed by atoms with E-state index in [9.17, 15) is 9.18 Å². The molecule has 0 bridgehead atoms. The average molecular weight is 263 g/mol. The quantitative estimate of drug-likeness (QED) is 0.870. The molecule has 1 heterocycles. The summed E-state index contributed by atoms with van der Waals surface area (Å²) in [6.07, 6.45) is 1.34. The Morgan fingerprint density at radius 3 is 2.95 bits per heavy atom. The van der Waals surface area contributed by atoms with Gasteiger partial charge in [0.25, 0.3) is 0 Å². The molecule has 0 saturated carbocycles. The van der Waals surface area contributed by atoms with E-state index in [4.69, 9.17) is 9.52 Å². The maximum Gasteiger partial charge on any atom is 0.339 e. The summed E-state index contributed by atoms with van der Waals surface area (Å²) in [4.78, 5) is 10.9. The highest BCUT2D eigenvalue weighted by Crippen LogP contribution is 2.16.